The molecule has 6 heteroatoms. The molecule has 7 atom stereocenters. The van der Waals surface area contributed by atoms with Crippen molar-refractivity contribution in [2.75, 3.05) is 6.54 Å². The number of nitrogens with one attached hydrogen (secondary N) is 1. The molecule has 0 amide bonds. The van der Waals surface area contributed by atoms with Crippen LogP contribution in [-0.2, 0) is 14.3 Å². The van der Waals surface area contributed by atoms with Crippen molar-refractivity contribution in [1.82, 2.24) is 5.32 Å². The molecule has 50 heavy (non-hydrogen) atoms. The summed E-state index contributed by atoms with van der Waals surface area (Å²) in [5.41, 5.74) is -1.78. The molecule has 288 valence electrons. The highest BCUT2D eigenvalue weighted by atomic mass is 16.6. The van der Waals surface area contributed by atoms with E-state index >= 15 is 0 Å². The summed E-state index contributed by atoms with van der Waals surface area (Å²) in [6.45, 7) is 9.25. The number of carbonyl (C=O) groups is 1. The van der Waals surface area contributed by atoms with Gasteiger partial charge in [-0.3, -0.25) is 4.79 Å². The van der Waals surface area contributed by atoms with Gasteiger partial charge in [0.15, 0.2) is 5.76 Å². The van der Waals surface area contributed by atoms with Crippen LogP contribution in [0.25, 0.3) is 0 Å². The molecule has 3 aliphatic carbocycles. The van der Waals surface area contributed by atoms with Gasteiger partial charge in [-0.1, -0.05) is 149 Å². The second-order valence-corrected chi connectivity index (χ2v) is 16.9. The molecular formula is C44H77NO5. The number of rotatable bonds is 27. The van der Waals surface area contributed by atoms with Crippen molar-refractivity contribution in [3.05, 3.63) is 23.7 Å². The van der Waals surface area contributed by atoms with Crippen molar-refractivity contribution in [2.24, 2.45) is 23.2 Å². The zero-order valence-corrected chi connectivity index (χ0v) is 32.8. The largest absolute Gasteiger partial charge is 0.487 e. The van der Waals surface area contributed by atoms with Crippen LogP contribution in [0.3, 0.4) is 0 Å². The Morgan fingerprint density at radius 2 is 1.42 bits per heavy atom. The van der Waals surface area contributed by atoms with Gasteiger partial charge in [0.25, 0.3) is 0 Å². The molecule has 1 aliphatic heterocycles. The lowest BCUT2D eigenvalue weighted by Gasteiger charge is -2.58. The van der Waals surface area contributed by atoms with Gasteiger partial charge in [-0.25, -0.2) is 0 Å². The Bertz CT molecular complexity index is 1050. The minimum Gasteiger partial charge on any atom is -0.487 e. The van der Waals surface area contributed by atoms with Crippen LogP contribution in [0.4, 0.5) is 0 Å². The molecule has 2 saturated carbocycles. The van der Waals surface area contributed by atoms with Crippen molar-refractivity contribution in [3.63, 3.8) is 0 Å². The third kappa shape index (κ3) is 10.6. The summed E-state index contributed by atoms with van der Waals surface area (Å²) in [7, 11) is 0. The Morgan fingerprint density at radius 1 is 0.880 bits per heavy atom. The van der Waals surface area contributed by atoms with Crippen LogP contribution in [-0.4, -0.2) is 46.6 Å². The van der Waals surface area contributed by atoms with Gasteiger partial charge in [0.1, 0.15) is 11.9 Å². The van der Waals surface area contributed by atoms with Crippen LogP contribution in [0.1, 0.15) is 195 Å². The molecule has 6 nitrogen and oxygen atoms in total. The van der Waals surface area contributed by atoms with Crippen LogP contribution < -0.4 is 5.32 Å². The zero-order chi connectivity index (χ0) is 35.8. The van der Waals surface area contributed by atoms with E-state index in [1.807, 2.05) is 19.9 Å². The smallest absolute Gasteiger partial charge is 0.311 e. The first-order valence-corrected chi connectivity index (χ1v) is 21.7. The fourth-order valence-electron chi connectivity index (χ4n) is 9.87. The number of esters is 1. The van der Waals surface area contributed by atoms with Crippen LogP contribution in [0, 0.1) is 23.2 Å². The molecule has 3 N–H and O–H groups in total. The van der Waals surface area contributed by atoms with Gasteiger partial charge in [-0.05, 0) is 69.9 Å². The number of ether oxygens (including phenoxy) is 2. The average Bonchev–Trinajstić information content (AvgIpc) is 3.46. The standard InChI is InChI=1S/C44H77NO5/c1-5-8-9-10-11-12-13-14-15-16-17-18-19-20-21-22-23-24-25-29-39(47)49-37-31-30-35-32-38(45-33-34-27-26-28-34)43(4,48)44(7-3)40(35)41(37)50-42(44)36(46)6-2/h30-31,34-36,38,40,42,45-46,48H,5-29,32-33H2,1-4H3. The maximum absolute atomic E-state index is 13.1. The molecule has 0 spiro atoms. The first kappa shape index (κ1) is 41.4. The monoisotopic (exact) mass is 700 g/mol. The van der Waals surface area contributed by atoms with E-state index in [1.54, 1.807) is 0 Å². The number of hydrogen-bond acceptors (Lipinski definition) is 6. The SMILES string of the molecule is CCCCCCCCCCCCCCCCCCCCCC(=O)OC1=C2OC(C(O)CC)C3(CC)C2C(C=C1)CC(NCC1CCC1)C3(C)O. The van der Waals surface area contributed by atoms with Crippen molar-refractivity contribution in [3.8, 4) is 0 Å². The molecule has 0 radical (unpaired) electrons. The van der Waals surface area contributed by atoms with Crippen LogP contribution in [0.5, 0.6) is 0 Å². The van der Waals surface area contributed by atoms with Gasteiger partial charge >= 0.3 is 5.97 Å². The minimum absolute atomic E-state index is 0.0954. The molecule has 1 heterocycles. The predicted octanol–water partition coefficient (Wildman–Crippen LogP) is 10.8. The molecule has 1 saturated heterocycles. The Labute approximate surface area is 307 Å². The molecule has 0 aromatic heterocycles. The van der Waals surface area contributed by atoms with Crippen molar-refractivity contribution < 1.29 is 24.5 Å². The molecule has 0 bridgehead atoms. The van der Waals surface area contributed by atoms with E-state index in [-0.39, 0.29) is 23.8 Å². The Morgan fingerprint density at radius 3 is 1.90 bits per heavy atom. The number of aliphatic hydroxyl groups excluding tert-OH is 1. The topological polar surface area (TPSA) is 88.0 Å². The van der Waals surface area contributed by atoms with E-state index in [2.05, 4.69) is 25.2 Å². The molecule has 4 rings (SSSR count). The van der Waals surface area contributed by atoms with Crippen molar-refractivity contribution in [1.29, 1.82) is 0 Å². The highest BCUT2D eigenvalue weighted by Crippen LogP contribution is 2.65. The summed E-state index contributed by atoms with van der Waals surface area (Å²) in [6, 6.07) is -0.0954. The van der Waals surface area contributed by atoms with Crippen molar-refractivity contribution >= 4 is 5.97 Å². The molecule has 0 aromatic carbocycles. The van der Waals surface area contributed by atoms with E-state index in [1.165, 1.54) is 128 Å². The predicted molar refractivity (Wildman–Crippen MR) is 206 cm³/mol. The lowest BCUT2D eigenvalue weighted by atomic mass is 9.49. The Kier molecular flexibility index (Phi) is 17.7. The van der Waals surface area contributed by atoms with E-state index in [4.69, 9.17) is 9.47 Å². The van der Waals surface area contributed by atoms with Crippen LogP contribution >= 0.6 is 0 Å². The number of unbranched alkanes of at least 4 members (excludes halogenated alkanes) is 18. The minimum atomic E-state index is -1.10. The summed E-state index contributed by atoms with van der Waals surface area (Å²) in [5, 5.41) is 27.5. The second kappa shape index (κ2) is 21.4. The van der Waals surface area contributed by atoms with Gasteiger partial charge in [0, 0.05) is 18.4 Å². The van der Waals surface area contributed by atoms with Gasteiger partial charge in [-0.15, -0.1) is 0 Å². The molecule has 4 aliphatic rings. The second-order valence-electron chi connectivity index (χ2n) is 16.9. The van der Waals surface area contributed by atoms with Gasteiger partial charge in [-0.2, -0.15) is 0 Å². The van der Waals surface area contributed by atoms with E-state index in [0.29, 0.717) is 36.7 Å². The first-order valence-electron chi connectivity index (χ1n) is 21.7. The van der Waals surface area contributed by atoms with Gasteiger partial charge in [0.05, 0.1) is 17.1 Å². The van der Waals surface area contributed by atoms with E-state index in [0.717, 1.165) is 25.8 Å². The number of aliphatic hydroxyl groups is 2. The lowest BCUT2D eigenvalue weighted by Crippen LogP contribution is -2.70. The summed E-state index contributed by atoms with van der Waals surface area (Å²) >= 11 is 0. The third-order valence-electron chi connectivity index (χ3n) is 13.3. The molecule has 3 fully saturated rings. The van der Waals surface area contributed by atoms with Crippen molar-refractivity contribution in [2.45, 2.75) is 218 Å². The maximum Gasteiger partial charge on any atom is 0.311 e. The maximum atomic E-state index is 13.1. The molecule has 7 unspecified atom stereocenters. The molecular weight excluding hydrogens is 622 g/mol. The Hall–Kier alpha value is -1.37. The van der Waals surface area contributed by atoms with Crippen LogP contribution in [0.2, 0.25) is 0 Å². The fourth-order valence-corrected chi connectivity index (χ4v) is 9.87. The quantitative estimate of drug-likeness (QED) is 0.0584. The zero-order valence-electron chi connectivity index (χ0n) is 32.8. The summed E-state index contributed by atoms with van der Waals surface area (Å²) in [4.78, 5) is 13.1. The first-order chi connectivity index (χ1) is 24.3. The summed E-state index contributed by atoms with van der Waals surface area (Å²) in [6.07, 6.45) is 34.3. The number of hydrogen-bond donors (Lipinski definition) is 3. The normalized spacial score (nSPS) is 29.5. The van der Waals surface area contributed by atoms with E-state index in [9.17, 15) is 15.0 Å². The average molecular weight is 700 g/mol. The van der Waals surface area contributed by atoms with Gasteiger partial charge in [0.2, 0.25) is 0 Å². The number of allylic oxidation sites excluding steroid dienone is 3. The fraction of sp³-hybridized carbons (Fsp3) is 0.886. The number of carbonyl (C=O) groups excluding carboxylic acids is 1. The van der Waals surface area contributed by atoms with Crippen LogP contribution in [0.15, 0.2) is 23.7 Å². The Balaban J connectivity index is 1.14. The van der Waals surface area contributed by atoms with E-state index < -0.39 is 23.2 Å². The highest BCUT2D eigenvalue weighted by Gasteiger charge is 2.71. The summed E-state index contributed by atoms with van der Waals surface area (Å²) < 4.78 is 12.6. The van der Waals surface area contributed by atoms with Gasteiger partial charge < -0.3 is 25.0 Å². The third-order valence-corrected chi connectivity index (χ3v) is 13.3. The highest BCUT2D eigenvalue weighted by molar-refractivity contribution is 5.71. The lowest BCUT2D eigenvalue weighted by molar-refractivity contribution is -0.190. The molecule has 0 aromatic rings. The summed E-state index contributed by atoms with van der Waals surface area (Å²) in [5.74, 6) is 1.65.